The number of nitrogens with one attached hydrogen (secondary N) is 1. The van der Waals surface area contributed by atoms with Gasteiger partial charge in [-0.15, -0.1) is 5.10 Å². The Labute approximate surface area is 110 Å². The Morgan fingerprint density at radius 3 is 2.67 bits per heavy atom. The van der Waals surface area contributed by atoms with Gasteiger partial charge in [-0.1, -0.05) is 19.1 Å². The Kier molecular flexibility index (Phi) is 6.90. The van der Waals surface area contributed by atoms with Crippen molar-refractivity contribution in [1.82, 2.24) is 20.3 Å². The van der Waals surface area contributed by atoms with E-state index in [0.29, 0.717) is 6.04 Å². The van der Waals surface area contributed by atoms with Gasteiger partial charge in [0.05, 0.1) is 11.8 Å². The SMILES string of the molecule is CCCNC(Cc1cn(C)nn1)C(CC)OCC. The first-order chi connectivity index (χ1) is 8.71. The van der Waals surface area contributed by atoms with Gasteiger partial charge in [-0.05, 0) is 26.3 Å². The fourth-order valence-electron chi connectivity index (χ4n) is 2.11. The molecule has 5 nitrogen and oxygen atoms in total. The number of hydrogen-bond donors (Lipinski definition) is 1. The number of nitrogens with zero attached hydrogens (tertiary/aromatic N) is 3. The first-order valence-corrected chi connectivity index (χ1v) is 6.91. The van der Waals surface area contributed by atoms with E-state index in [2.05, 4.69) is 29.5 Å². The van der Waals surface area contributed by atoms with Crippen LogP contribution in [0.4, 0.5) is 0 Å². The summed E-state index contributed by atoms with van der Waals surface area (Å²) in [6.07, 6.45) is 5.21. The van der Waals surface area contributed by atoms with E-state index in [1.54, 1.807) is 4.68 Å². The van der Waals surface area contributed by atoms with E-state index in [9.17, 15) is 0 Å². The molecule has 0 bridgehead atoms. The molecule has 1 N–H and O–H groups in total. The molecule has 18 heavy (non-hydrogen) atoms. The van der Waals surface area contributed by atoms with Crippen LogP contribution < -0.4 is 5.32 Å². The first-order valence-electron chi connectivity index (χ1n) is 6.91. The van der Waals surface area contributed by atoms with Gasteiger partial charge in [0.2, 0.25) is 0 Å². The van der Waals surface area contributed by atoms with Crippen LogP contribution in [-0.4, -0.2) is 40.3 Å². The van der Waals surface area contributed by atoms with Gasteiger partial charge < -0.3 is 10.1 Å². The second-order valence-corrected chi connectivity index (χ2v) is 4.55. The summed E-state index contributed by atoms with van der Waals surface area (Å²) in [5.41, 5.74) is 1.02. The lowest BCUT2D eigenvalue weighted by Crippen LogP contribution is -2.43. The third-order valence-corrected chi connectivity index (χ3v) is 2.97. The van der Waals surface area contributed by atoms with Crippen LogP contribution in [0.5, 0.6) is 0 Å². The topological polar surface area (TPSA) is 52.0 Å². The minimum absolute atomic E-state index is 0.239. The van der Waals surface area contributed by atoms with Crippen molar-refractivity contribution in [3.63, 3.8) is 0 Å². The minimum Gasteiger partial charge on any atom is -0.377 e. The van der Waals surface area contributed by atoms with Crippen LogP contribution in [0.15, 0.2) is 6.20 Å². The van der Waals surface area contributed by atoms with Crippen molar-refractivity contribution < 1.29 is 4.74 Å². The molecule has 1 aromatic rings. The Bertz CT molecular complexity index is 327. The molecule has 0 saturated carbocycles. The zero-order chi connectivity index (χ0) is 13.4. The average molecular weight is 254 g/mol. The van der Waals surface area contributed by atoms with E-state index >= 15 is 0 Å². The van der Waals surface area contributed by atoms with Crippen LogP contribution in [0.25, 0.3) is 0 Å². The summed E-state index contributed by atoms with van der Waals surface area (Å²) in [7, 11) is 1.89. The molecule has 2 unspecified atom stereocenters. The van der Waals surface area contributed by atoms with Gasteiger partial charge in [0.1, 0.15) is 0 Å². The van der Waals surface area contributed by atoms with Gasteiger partial charge in [0, 0.05) is 32.3 Å². The summed E-state index contributed by atoms with van der Waals surface area (Å²) < 4.78 is 7.56. The summed E-state index contributed by atoms with van der Waals surface area (Å²) in [6.45, 7) is 8.14. The van der Waals surface area contributed by atoms with Crippen molar-refractivity contribution >= 4 is 0 Å². The highest BCUT2D eigenvalue weighted by Crippen LogP contribution is 2.10. The lowest BCUT2D eigenvalue weighted by molar-refractivity contribution is 0.0317. The Morgan fingerprint density at radius 2 is 2.17 bits per heavy atom. The van der Waals surface area contributed by atoms with Crippen molar-refractivity contribution in [1.29, 1.82) is 0 Å². The molecule has 0 radical (unpaired) electrons. The van der Waals surface area contributed by atoms with E-state index in [-0.39, 0.29) is 6.10 Å². The molecule has 0 fully saturated rings. The summed E-state index contributed by atoms with van der Waals surface area (Å²) >= 11 is 0. The minimum atomic E-state index is 0.239. The highest BCUT2D eigenvalue weighted by atomic mass is 16.5. The molecule has 5 heteroatoms. The molecule has 0 aromatic carbocycles. The van der Waals surface area contributed by atoms with E-state index in [0.717, 1.165) is 38.1 Å². The molecule has 0 aliphatic rings. The second-order valence-electron chi connectivity index (χ2n) is 4.55. The number of aromatic nitrogens is 3. The fraction of sp³-hybridized carbons (Fsp3) is 0.846. The summed E-state index contributed by atoms with van der Waals surface area (Å²) in [5.74, 6) is 0. The molecule has 2 atom stereocenters. The van der Waals surface area contributed by atoms with Crippen LogP contribution >= 0.6 is 0 Å². The molecule has 104 valence electrons. The van der Waals surface area contributed by atoms with Crippen LogP contribution in [0.1, 0.15) is 39.3 Å². The van der Waals surface area contributed by atoms with E-state index in [1.165, 1.54) is 0 Å². The van der Waals surface area contributed by atoms with E-state index in [1.807, 2.05) is 20.2 Å². The molecule has 0 amide bonds. The molecule has 1 aromatic heterocycles. The summed E-state index contributed by atoms with van der Waals surface area (Å²) in [4.78, 5) is 0. The Morgan fingerprint density at radius 1 is 1.39 bits per heavy atom. The van der Waals surface area contributed by atoms with Crippen LogP contribution in [-0.2, 0) is 18.2 Å². The Hall–Kier alpha value is -0.940. The fourth-order valence-corrected chi connectivity index (χ4v) is 2.11. The molecule has 0 saturated heterocycles. The van der Waals surface area contributed by atoms with Gasteiger partial charge in [-0.2, -0.15) is 0 Å². The van der Waals surface area contributed by atoms with Crippen molar-refractivity contribution in [3.8, 4) is 0 Å². The van der Waals surface area contributed by atoms with Gasteiger partial charge >= 0.3 is 0 Å². The van der Waals surface area contributed by atoms with Gasteiger partial charge in [0.15, 0.2) is 0 Å². The van der Waals surface area contributed by atoms with Crippen molar-refractivity contribution in [3.05, 3.63) is 11.9 Å². The molecule has 0 aliphatic carbocycles. The number of hydrogen-bond acceptors (Lipinski definition) is 4. The molecule has 1 heterocycles. The zero-order valence-electron chi connectivity index (χ0n) is 12.0. The van der Waals surface area contributed by atoms with Crippen molar-refractivity contribution in [2.24, 2.45) is 7.05 Å². The van der Waals surface area contributed by atoms with Crippen LogP contribution in [0.3, 0.4) is 0 Å². The lowest BCUT2D eigenvalue weighted by Gasteiger charge is -2.26. The monoisotopic (exact) mass is 254 g/mol. The summed E-state index contributed by atoms with van der Waals surface area (Å²) in [5, 5.41) is 11.7. The average Bonchev–Trinajstić information content (AvgIpc) is 2.77. The van der Waals surface area contributed by atoms with Gasteiger partial charge in [-0.25, -0.2) is 0 Å². The first kappa shape index (κ1) is 15.1. The molecule has 1 rings (SSSR count). The highest BCUT2D eigenvalue weighted by molar-refractivity contribution is 4.97. The molecule has 0 spiro atoms. The van der Waals surface area contributed by atoms with Gasteiger partial charge in [0.25, 0.3) is 0 Å². The third kappa shape index (κ3) is 4.74. The number of rotatable bonds is 9. The standard InChI is InChI=1S/C13H26N4O/c1-5-8-14-12(13(6-2)18-7-3)9-11-10-17(4)16-15-11/h10,12-14H,5-9H2,1-4H3. The zero-order valence-corrected chi connectivity index (χ0v) is 12.0. The maximum Gasteiger partial charge on any atom is 0.0843 e. The predicted molar refractivity (Wildman–Crippen MR) is 72.5 cm³/mol. The largest absolute Gasteiger partial charge is 0.377 e. The molecular formula is C13H26N4O. The van der Waals surface area contributed by atoms with Crippen molar-refractivity contribution in [2.45, 2.75) is 52.2 Å². The quantitative estimate of drug-likeness (QED) is 0.726. The lowest BCUT2D eigenvalue weighted by atomic mass is 10.0. The van der Waals surface area contributed by atoms with E-state index in [4.69, 9.17) is 4.74 Å². The third-order valence-electron chi connectivity index (χ3n) is 2.97. The smallest absolute Gasteiger partial charge is 0.0843 e. The van der Waals surface area contributed by atoms with Gasteiger partial charge in [-0.3, -0.25) is 4.68 Å². The van der Waals surface area contributed by atoms with E-state index < -0.39 is 0 Å². The highest BCUT2D eigenvalue weighted by Gasteiger charge is 2.21. The number of ether oxygens (including phenoxy) is 1. The predicted octanol–water partition coefficient (Wildman–Crippen LogP) is 1.54. The molecular weight excluding hydrogens is 228 g/mol. The van der Waals surface area contributed by atoms with Crippen LogP contribution in [0.2, 0.25) is 0 Å². The van der Waals surface area contributed by atoms with Crippen LogP contribution in [0, 0.1) is 0 Å². The second kappa shape index (κ2) is 8.21. The Balaban J connectivity index is 2.63. The molecule has 0 aliphatic heterocycles. The maximum absolute atomic E-state index is 5.81. The summed E-state index contributed by atoms with van der Waals surface area (Å²) in [6, 6.07) is 0.312. The maximum atomic E-state index is 5.81. The number of aryl methyl sites for hydroxylation is 1. The van der Waals surface area contributed by atoms with Crippen molar-refractivity contribution in [2.75, 3.05) is 13.2 Å². The normalized spacial score (nSPS) is 14.7.